The van der Waals surface area contributed by atoms with Crippen LogP contribution >= 0.6 is 12.2 Å². The van der Waals surface area contributed by atoms with Gasteiger partial charge in [0.1, 0.15) is 5.76 Å². The first-order valence-corrected chi connectivity index (χ1v) is 10.6. The molecule has 2 spiro atoms. The number of nitrogens with zero attached hydrogens (tertiary/aromatic N) is 1. The van der Waals surface area contributed by atoms with Gasteiger partial charge in [0, 0.05) is 22.5 Å². The Morgan fingerprint density at radius 1 is 1.31 bits per heavy atom. The fourth-order valence-corrected chi connectivity index (χ4v) is 5.73. The molecule has 4 aliphatic rings. The average molecular weight is 404 g/mol. The van der Waals surface area contributed by atoms with Crippen molar-refractivity contribution in [2.24, 2.45) is 11.3 Å². The summed E-state index contributed by atoms with van der Waals surface area (Å²) >= 11 is 5.40. The minimum atomic E-state index is -0.863. The van der Waals surface area contributed by atoms with Gasteiger partial charge in [-0.1, -0.05) is 23.1 Å². The summed E-state index contributed by atoms with van der Waals surface area (Å²) in [6.07, 6.45) is 5.63. The molecule has 146 valence electrons. The predicted molar refractivity (Wildman–Crippen MR) is 111 cm³/mol. The first-order valence-electron chi connectivity index (χ1n) is 10.2. The van der Waals surface area contributed by atoms with E-state index >= 15 is 0 Å². The lowest BCUT2D eigenvalue weighted by Gasteiger charge is -2.44. The van der Waals surface area contributed by atoms with Gasteiger partial charge < -0.3 is 15.2 Å². The number of aryl methyl sites for hydroxylation is 2. The zero-order chi connectivity index (χ0) is 19.8. The van der Waals surface area contributed by atoms with Crippen LogP contribution in [-0.2, 0) is 29.6 Å². The van der Waals surface area contributed by atoms with E-state index in [1.807, 2.05) is 6.92 Å². The highest BCUT2D eigenvalue weighted by Crippen LogP contribution is 2.58. The lowest BCUT2D eigenvalue weighted by atomic mass is 9.61. The number of fused-ring (bicyclic) bond motifs is 4. The maximum atomic E-state index is 13.4. The lowest BCUT2D eigenvalue weighted by Crippen LogP contribution is -2.57. The molecule has 29 heavy (non-hydrogen) atoms. The van der Waals surface area contributed by atoms with Crippen LogP contribution < -0.4 is 10.6 Å². The van der Waals surface area contributed by atoms with E-state index < -0.39 is 5.54 Å². The van der Waals surface area contributed by atoms with Gasteiger partial charge in [-0.15, -0.1) is 0 Å². The first-order chi connectivity index (χ1) is 14.0. The van der Waals surface area contributed by atoms with Gasteiger partial charge in [-0.05, 0) is 80.9 Å². The van der Waals surface area contributed by atoms with Gasteiger partial charge in [0.05, 0.1) is 5.69 Å². The van der Waals surface area contributed by atoms with Gasteiger partial charge in [0.2, 0.25) is 0 Å². The zero-order valence-electron chi connectivity index (χ0n) is 16.2. The van der Waals surface area contributed by atoms with Crippen molar-refractivity contribution in [1.29, 1.82) is 0 Å². The molecule has 2 unspecified atom stereocenters. The molecule has 2 N–H and O–H groups in total. The Hall–Kier alpha value is -2.65. The van der Waals surface area contributed by atoms with Gasteiger partial charge in [0.15, 0.2) is 10.7 Å². The summed E-state index contributed by atoms with van der Waals surface area (Å²) in [5, 5.41) is 10.9. The summed E-state index contributed by atoms with van der Waals surface area (Å²) in [5.41, 5.74) is 4.20. The molecular weight excluding hydrogens is 382 g/mol. The van der Waals surface area contributed by atoms with Crippen molar-refractivity contribution in [2.45, 2.75) is 51.0 Å². The molecule has 1 aromatic carbocycles. The van der Waals surface area contributed by atoms with E-state index in [1.54, 1.807) is 0 Å². The first kappa shape index (κ1) is 17.2. The molecule has 3 aliphatic carbocycles. The van der Waals surface area contributed by atoms with E-state index in [2.05, 4.69) is 45.8 Å². The van der Waals surface area contributed by atoms with E-state index in [4.69, 9.17) is 16.7 Å². The Morgan fingerprint density at radius 3 is 2.93 bits per heavy atom. The van der Waals surface area contributed by atoms with Crippen molar-refractivity contribution in [2.75, 3.05) is 0 Å². The number of hydrogen-bond acceptors (Lipinski definition) is 4. The fourth-order valence-electron chi connectivity index (χ4n) is 5.49. The molecule has 1 amide bonds. The summed E-state index contributed by atoms with van der Waals surface area (Å²) in [7, 11) is 0. The quantitative estimate of drug-likeness (QED) is 0.523. The van der Waals surface area contributed by atoms with Crippen molar-refractivity contribution in [1.82, 2.24) is 15.8 Å². The molecule has 1 saturated carbocycles. The van der Waals surface area contributed by atoms with Crippen LogP contribution in [0.25, 0.3) is 0 Å². The van der Waals surface area contributed by atoms with Crippen LogP contribution in [0.2, 0.25) is 0 Å². The van der Waals surface area contributed by atoms with Crippen molar-refractivity contribution in [3.05, 3.63) is 51.9 Å². The monoisotopic (exact) mass is 403 g/mol. The van der Waals surface area contributed by atoms with Gasteiger partial charge in [-0.2, -0.15) is 0 Å². The molecule has 2 fully saturated rings. The number of carbonyl (C=O) groups excluding carboxylic acids is 1. The highest BCUT2D eigenvalue weighted by molar-refractivity contribution is 7.80. The SMILES string of the molecule is Cc1onc2c1CC1(CC2)Cc2ccc(C#CC3CC3)cc2C12NC(=S)NC2=O. The molecule has 1 aliphatic heterocycles. The van der Waals surface area contributed by atoms with Gasteiger partial charge in [0.25, 0.3) is 5.91 Å². The Balaban J connectivity index is 1.51. The normalized spacial score (nSPS) is 29.3. The van der Waals surface area contributed by atoms with Gasteiger partial charge >= 0.3 is 0 Å². The molecule has 5 nitrogen and oxygen atoms in total. The molecule has 6 heteroatoms. The molecular formula is C23H21N3O2S. The molecule has 6 rings (SSSR count). The van der Waals surface area contributed by atoms with Crippen molar-refractivity contribution in [3.8, 4) is 11.8 Å². The van der Waals surface area contributed by atoms with E-state index in [1.165, 1.54) is 18.4 Å². The van der Waals surface area contributed by atoms with Crippen LogP contribution in [0.1, 0.15) is 53.0 Å². The third-order valence-electron chi connectivity index (χ3n) is 7.13. The summed E-state index contributed by atoms with van der Waals surface area (Å²) in [6, 6.07) is 6.34. The largest absolute Gasteiger partial charge is 0.361 e. The second-order valence-corrected chi connectivity index (χ2v) is 9.28. The van der Waals surface area contributed by atoms with Gasteiger partial charge in [-0.25, -0.2) is 0 Å². The van der Waals surface area contributed by atoms with Crippen LogP contribution in [-0.4, -0.2) is 16.2 Å². The molecule has 2 heterocycles. The molecule has 1 saturated heterocycles. The van der Waals surface area contributed by atoms with Crippen LogP contribution in [0.5, 0.6) is 0 Å². The molecule has 1 aromatic heterocycles. The lowest BCUT2D eigenvalue weighted by molar-refractivity contribution is -0.129. The maximum Gasteiger partial charge on any atom is 0.257 e. The number of aromatic nitrogens is 1. The topological polar surface area (TPSA) is 67.2 Å². The smallest absolute Gasteiger partial charge is 0.257 e. The van der Waals surface area contributed by atoms with E-state index in [0.29, 0.717) is 11.0 Å². The minimum absolute atomic E-state index is 0.0499. The van der Waals surface area contributed by atoms with Crippen molar-refractivity contribution < 1.29 is 9.32 Å². The van der Waals surface area contributed by atoms with Crippen LogP contribution in [0, 0.1) is 30.1 Å². The number of benzene rings is 1. The number of rotatable bonds is 0. The van der Waals surface area contributed by atoms with Crippen LogP contribution in [0.15, 0.2) is 22.7 Å². The Labute approximate surface area is 174 Å². The number of nitrogens with one attached hydrogen (secondary N) is 2. The number of hydrogen-bond donors (Lipinski definition) is 2. The Morgan fingerprint density at radius 2 is 2.17 bits per heavy atom. The van der Waals surface area contributed by atoms with E-state index in [9.17, 15) is 4.79 Å². The summed E-state index contributed by atoms with van der Waals surface area (Å²) < 4.78 is 5.46. The summed E-state index contributed by atoms with van der Waals surface area (Å²) in [6.45, 7) is 1.96. The molecule has 0 radical (unpaired) electrons. The fraction of sp³-hybridized carbons (Fsp3) is 0.435. The van der Waals surface area contributed by atoms with Crippen LogP contribution in [0.3, 0.4) is 0 Å². The third kappa shape index (κ3) is 2.31. The second kappa shape index (κ2) is 5.70. The highest BCUT2D eigenvalue weighted by atomic mass is 32.1. The van der Waals surface area contributed by atoms with E-state index in [-0.39, 0.29) is 11.3 Å². The van der Waals surface area contributed by atoms with Crippen LogP contribution in [0.4, 0.5) is 0 Å². The predicted octanol–water partition coefficient (Wildman–Crippen LogP) is 2.68. The second-order valence-electron chi connectivity index (χ2n) is 8.87. The van der Waals surface area contributed by atoms with Crippen molar-refractivity contribution in [3.63, 3.8) is 0 Å². The van der Waals surface area contributed by atoms with E-state index in [0.717, 1.165) is 53.8 Å². The zero-order valence-corrected chi connectivity index (χ0v) is 17.0. The third-order valence-corrected chi connectivity index (χ3v) is 7.33. The minimum Gasteiger partial charge on any atom is -0.361 e. The molecule has 2 atom stereocenters. The number of thiocarbonyl (C=S) groups is 1. The standard InChI is InChI=1S/C23H21N3O2S/c1-13-17-12-22(9-8-19(17)26-28-13)11-16-7-6-15(5-4-14-2-3-14)10-18(16)23(22)20(27)24-21(29)25-23/h6-7,10,14H,2-3,8-9,11-12H2,1H3,(H2,24,25,27,29). The highest BCUT2D eigenvalue weighted by Gasteiger charge is 2.65. The summed E-state index contributed by atoms with van der Waals surface area (Å²) in [4.78, 5) is 13.4. The molecule has 2 aromatic rings. The Bertz CT molecular complexity index is 1150. The van der Waals surface area contributed by atoms with Crippen molar-refractivity contribution >= 4 is 23.2 Å². The average Bonchev–Trinajstić information content (AvgIpc) is 3.33. The van der Waals surface area contributed by atoms with Gasteiger partial charge in [-0.3, -0.25) is 4.79 Å². The number of amides is 1. The molecule has 0 bridgehead atoms. The summed E-state index contributed by atoms with van der Waals surface area (Å²) in [5.74, 6) is 7.99. The number of carbonyl (C=O) groups is 1. The Kier molecular flexibility index (Phi) is 3.39. The maximum absolute atomic E-state index is 13.4.